The van der Waals surface area contributed by atoms with E-state index in [1.807, 2.05) is 30.0 Å². The summed E-state index contributed by atoms with van der Waals surface area (Å²) in [5, 5.41) is 9.21. The van der Waals surface area contributed by atoms with Gasteiger partial charge in [-0.1, -0.05) is 15.9 Å². The molecule has 1 aromatic rings. The molecule has 18 heavy (non-hydrogen) atoms. The molecule has 1 aromatic carbocycles. The molecule has 1 aliphatic heterocycles. The van der Waals surface area contributed by atoms with Gasteiger partial charge in [0.25, 0.3) is 5.91 Å². The molecule has 98 valence electrons. The number of likely N-dealkylation sites (tertiary alicyclic amines) is 1. The number of piperidine rings is 1. The van der Waals surface area contributed by atoms with Crippen LogP contribution in [0.1, 0.15) is 28.8 Å². The van der Waals surface area contributed by atoms with Gasteiger partial charge in [-0.2, -0.15) is 0 Å². The summed E-state index contributed by atoms with van der Waals surface area (Å²) in [4.78, 5) is 14.3. The zero-order valence-electron chi connectivity index (χ0n) is 10.5. The van der Waals surface area contributed by atoms with Crippen molar-refractivity contribution in [2.75, 3.05) is 19.7 Å². The third-order valence-electron chi connectivity index (χ3n) is 3.48. The fourth-order valence-corrected chi connectivity index (χ4v) is 2.91. The fraction of sp³-hybridized carbons (Fsp3) is 0.500. The second-order valence-corrected chi connectivity index (χ2v) is 5.82. The number of amides is 1. The van der Waals surface area contributed by atoms with E-state index in [2.05, 4.69) is 15.9 Å². The molecule has 1 fully saturated rings. The van der Waals surface area contributed by atoms with E-state index in [0.29, 0.717) is 6.54 Å². The molecule has 1 aliphatic rings. The molecule has 1 saturated heterocycles. The maximum absolute atomic E-state index is 12.4. The Bertz CT molecular complexity index is 447. The van der Waals surface area contributed by atoms with Crippen LogP contribution in [0, 0.1) is 12.8 Å². The lowest BCUT2D eigenvalue weighted by Gasteiger charge is -2.32. The number of aliphatic hydroxyl groups is 1. The topological polar surface area (TPSA) is 40.5 Å². The van der Waals surface area contributed by atoms with Gasteiger partial charge in [-0.25, -0.2) is 0 Å². The van der Waals surface area contributed by atoms with Crippen molar-refractivity contribution in [1.82, 2.24) is 4.90 Å². The quantitative estimate of drug-likeness (QED) is 0.912. The Hall–Kier alpha value is -0.870. The van der Waals surface area contributed by atoms with Gasteiger partial charge in [0.15, 0.2) is 0 Å². The molecule has 0 spiro atoms. The van der Waals surface area contributed by atoms with Gasteiger partial charge < -0.3 is 10.0 Å². The molecular formula is C14H18BrNO2. The van der Waals surface area contributed by atoms with Gasteiger partial charge in [-0.15, -0.1) is 0 Å². The van der Waals surface area contributed by atoms with Gasteiger partial charge in [0.05, 0.1) is 0 Å². The van der Waals surface area contributed by atoms with Crippen LogP contribution >= 0.6 is 15.9 Å². The molecule has 1 unspecified atom stereocenters. The van der Waals surface area contributed by atoms with Crippen molar-refractivity contribution in [3.8, 4) is 0 Å². The number of carbonyl (C=O) groups excluding carboxylic acids is 1. The summed E-state index contributed by atoms with van der Waals surface area (Å²) in [7, 11) is 0. The lowest BCUT2D eigenvalue weighted by atomic mass is 9.97. The molecule has 1 amide bonds. The summed E-state index contributed by atoms with van der Waals surface area (Å²) < 4.78 is 0.989. The minimum Gasteiger partial charge on any atom is -0.396 e. The molecule has 1 heterocycles. The summed E-state index contributed by atoms with van der Waals surface area (Å²) >= 11 is 3.40. The standard InChI is InChI=1S/C14H18BrNO2/c1-10-7-12(15)4-5-13(10)14(18)16-6-2-3-11(8-16)9-17/h4-5,7,11,17H,2-3,6,8-9H2,1H3. The summed E-state index contributed by atoms with van der Waals surface area (Å²) in [5.74, 6) is 0.316. The smallest absolute Gasteiger partial charge is 0.254 e. The first-order chi connectivity index (χ1) is 8.61. The molecule has 0 saturated carbocycles. The van der Waals surface area contributed by atoms with Gasteiger partial charge in [0, 0.05) is 29.7 Å². The number of aliphatic hydroxyl groups excluding tert-OH is 1. The Kier molecular flexibility index (Phi) is 4.40. The van der Waals surface area contributed by atoms with E-state index in [1.165, 1.54) is 0 Å². The van der Waals surface area contributed by atoms with Crippen LogP contribution in [0.25, 0.3) is 0 Å². The van der Waals surface area contributed by atoms with E-state index in [9.17, 15) is 9.90 Å². The second-order valence-electron chi connectivity index (χ2n) is 4.90. The zero-order chi connectivity index (χ0) is 13.1. The monoisotopic (exact) mass is 311 g/mol. The number of aryl methyl sites for hydroxylation is 1. The summed E-state index contributed by atoms with van der Waals surface area (Å²) in [6.07, 6.45) is 1.99. The fourth-order valence-electron chi connectivity index (χ4n) is 2.44. The van der Waals surface area contributed by atoms with Crippen LogP contribution in [-0.2, 0) is 0 Å². The zero-order valence-corrected chi connectivity index (χ0v) is 12.1. The molecule has 4 heteroatoms. The van der Waals surface area contributed by atoms with E-state index in [0.717, 1.165) is 35.0 Å². The Labute approximate surface area is 116 Å². The van der Waals surface area contributed by atoms with Crippen molar-refractivity contribution in [2.45, 2.75) is 19.8 Å². The molecule has 1 atom stereocenters. The van der Waals surface area contributed by atoms with Crippen molar-refractivity contribution in [2.24, 2.45) is 5.92 Å². The normalized spacial score (nSPS) is 19.9. The van der Waals surface area contributed by atoms with Crippen LogP contribution in [0.15, 0.2) is 22.7 Å². The average molecular weight is 312 g/mol. The van der Waals surface area contributed by atoms with Crippen molar-refractivity contribution >= 4 is 21.8 Å². The molecule has 3 nitrogen and oxygen atoms in total. The lowest BCUT2D eigenvalue weighted by molar-refractivity contribution is 0.0620. The predicted octanol–water partition coefficient (Wildman–Crippen LogP) is 2.60. The molecule has 0 aliphatic carbocycles. The van der Waals surface area contributed by atoms with Gasteiger partial charge in [0.1, 0.15) is 0 Å². The highest BCUT2D eigenvalue weighted by atomic mass is 79.9. The van der Waals surface area contributed by atoms with Gasteiger partial charge in [-0.05, 0) is 49.4 Å². The molecule has 2 rings (SSSR count). The highest BCUT2D eigenvalue weighted by molar-refractivity contribution is 9.10. The third kappa shape index (κ3) is 2.93. The van der Waals surface area contributed by atoms with E-state index < -0.39 is 0 Å². The van der Waals surface area contributed by atoms with Gasteiger partial charge in [0.2, 0.25) is 0 Å². The first-order valence-corrected chi connectivity index (χ1v) is 7.07. The molecule has 0 bridgehead atoms. The van der Waals surface area contributed by atoms with Crippen LogP contribution in [0.5, 0.6) is 0 Å². The third-order valence-corrected chi connectivity index (χ3v) is 3.98. The van der Waals surface area contributed by atoms with E-state index >= 15 is 0 Å². The van der Waals surface area contributed by atoms with Crippen molar-refractivity contribution in [3.05, 3.63) is 33.8 Å². The summed E-state index contributed by atoms with van der Waals surface area (Å²) in [6, 6.07) is 5.72. The van der Waals surface area contributed by atoms with Crippen LogP contribution in [0.4, 0.5) is 0 Å². The maximum Gasteiger partial charge on any atom is 0.254 e. The van der Waals surface area contributed by atoms with Crippen LogP contribution < -0.4 is 0 Å². The van der Waals surface area contributed by atoms with Gasteiger partial charge in [-0.3, -0.25) is 4.79 Å². The summed E-state index contributed by atoms with van der Waals surface area (Å²) in [6.45, 7) is 3.59. The molecular weight excluding hydrogens is 294 g/mol. The summed E-state index contributed by atoms with van der Waals surface area (Å²) in [5.41, 5.74) is 1.75. The first-order valence-electron chi connectivity index (χ1n) is 6.28. The minimum absolute atomic E-state index is 0.0816. The Morgan fingerprint density at radius 1 is 1.56 bits per heavy atom. The Morgan fingerprint density at radius 3 is 3.00 bits per heavy atom. The van der Waals surface area contributed by atoms with E-state index in [-0.39, 0.29) is 18.4 Å². The SMILES string of the molecule is Cc1cc(Br)ccc1C(=O)N1CCCC(CO)C1. The van der Waals surface area contributed by atoms with Crippen molar-refractivity contribution < 1.29 is 9.90 Å². The minimum atomic E-state index is 0.0816. The number of rotatable bonds is 2. The van der Waals surface area contributed by atoms with Crippen LogP contribution in [-0.4, -0.2) is 35.6 Å². The average Bonchev–Trinajstić information content (AvgIpc) is 2.38. The first kappa shape index (κ1) is 13.6. The number of hydrogen-bond acceptors (Lipinski definition) is 2. The van der Waals surface area contributed by atoms with Crippen LogP contribution in [0.2, 0.25) is 0 Å². The molecule has 1 N–H and O–H groups in total. The van der Waals surface area contributed by atoms with E-state index in [4.69, 9.17) is 0 Å². The van der Waals surface area contributed by atoms with E-state index in [1.54, 1.807) is 0 Å². The molecule has 0 radical (unpaired) electrons. The second kappa shape index (κ2) is 5.85. The largest absolute Gasteiger partial charge is 0.396 e. The van der Waals surface area contributed by atoms with Crippen LogP contribution in [0.3, 0.4) is 0 Å². The highest BCUT2D eigenvalue weighted by Gasteiger charge is 2.24. The number of benzene rings is 1. The number of hydrogen-bond donors (Lipinski definition) is 1. The Balaban J connectivity index is 2.15. The predicted molar refractivity (Wildman–Crippen MR) is 74.6 cm³/mol. The molecule has 0 aromatic heterocycles. The lowest BCUT2D eigenvalue weighted by Crippen LogP contribution is -2.41. The number of halogens is 1. The highest BCUT2D eigenvalue weighted by Crippen LogP contribution is 2.21. The van der Waals surface area contributed by atoms with Crippen molar-refractivity contribution in [3.63, 3.8) is 0 Å². The maximum atomic E-state index is 12.4. The van der Waals surface area contributed by atoms with Crippen molar-refractivity contribution in [1.29, 1.82) is 0 Å². The number of nitrogens with zero attached hydrogens (tertiary/aromatic N) is 1. The van der Waals surface area contributed by atoms with Gasteiger partial charge >= 0.3 is 0 Å². The Morgan fingerprint density at radius 2 is 2.33 bits per heavy atom. The number of carbonyl (C=O) groups is 1.